The van der Waals surface area contributed by atoms with Crippen molar-refractivity contribution in [1.29, 1.82) is 0 Å². The molecule has 1 unspecified atom stereocenters. The lowest BCUT2D eigenvalue weighted by Gasteiger charge is -2.24. The zero-order valence-corrected chi connectivity index (χ0v) is 14.6. The van der Waals surface area contributed by atoms with E-state index in [1.54, 1.807) is 0 Å². The van der Waals surface area contributed by atoms with Crippen LogP contribution in [0, 0.1) is 0 Å². The number of hydrogen-bond acceptors (Lipinski definition) is 1. The Hall–Kier alpha value is -0.780. The molecule has 20 heavy (non-hydrogen) atoms. The topological polar surface area (TPSA) is 50.4 Å². The van der Waals surface area contributed by atoms with Crippen molar-refractivity contribution in [2.24, 2.45) is 10.7 Å². The lowest BCUT2D eigenvalue weighted by atomic mass is 9.83. The second-order valence-electron chi connectivity index (χ2n) is 5.29. The number of nitrogens with two attached hydrogens (primary N) is 1. The summed E-state index contributed by atoms with van der Waals surface area (Å²) in [5, 5.41) is 3.17. The summed E-state index contributed by atoms with van der Waals surface area (Å²) < 4.78 is 0. The largest absolute Gasteiger partial charge is 0.370 e. The van der Waals surface area contributed by atoms with E-state index in [1.807, 2.05) is 0 Å². The van der Waals surface area contributed by atoms with Crippen LogP contribution in [0.4, 0.5) is 0 Å². The van der Waals surface area contributed by atoms with E-state index in [0.29, 0.717) is 11.9 Å². The Balaban J connectivity index is 0.00000200. The van der Waals surface area contributed by atoms with Crippen LogP contribution in [0.3, 0.4) is 0 Å². The summed E-state index contributed by atoms with van der Waals surface area (Å²) in [7, 11) is 0. The molecular weight excluding hydrogens is 361 g/mol. The van der Waals surface area contributed by atoms with Crippen molar-refractivity contribution >= 4 is 29.9 Å². The molecule has 1 aliphatic carbocycles. The number of hydrogen-bond donors (Lipinski definition) is 2. The minimum Gasteiger partial charge on any atom is -0.370 e. The van der Waals surface area contributed by atoms with Crippen molar-refractivity contribution in [2.75, 3.05) is 13.1 Å². The molecule has 0 fully saturated rings. The van der Waals surface area contributed by atoms with Crippen LogP contribution >= 0.6 is 24.0 Å². The number of rotatable bonds is 5. The first-order chi connectivity index (χ1) is 9.31. The molecular formula is C16H26IN3. The summed E-state index contributed by atoms with van der Waals surface area (Å²) in [6, 6.07) is 8.75. The molecule has 0 radical (unpaired) electrons. The smallest absolute Gasteiger partial charge is 0.188 e. The van der Waals surface area contributed by atoms with E-state index in [9.17, 15) is 0 Å². The van der Waals surface area contributed by atoms with Crippen molar-refractivity contribution in [3.8, 4) is 0 Å². The van der Waals surface area contributed by atoms with Crippen molar-refractivity contribution in [3.05, 3.63) is 35.4 Å². The number of nitrogens with zero attached hydrogens (tertiary/aromatic N) is 1. The molecule has 112 valence electrons. The monoisotopic (exact) mass is 387 g/mol. The van der Waals surface area contributed by atoms with Crippen molar-refractivity contribution in [2.45, 2.75) is 44.9 Å². The van der Waals surface area contributed by atoms with Crippen LogP contribution in [0.1, 0.15) is 49.7 Å². The second-order valence-corrected chi connectivity index (χ2v) is 5.29. The number of guanidine groups is 1. The molecule has 3 N–H and O–H groups in total. The van der Waals surface area contributed by atoms with Crippen LogP contribution in [0.5, 0.6) is 0 Å². The third kappa shape index (κ3) is 4.96. The Morgan fingerprint density at radius 2 is 2.20 bits per heavy atom. The van der Waals surface area contributed by atoms with Gasteiger partial charge in [0.1, 0.15) is 0 Å². The highest BCUT2D eigenvalue weighted by molar-refractivity contribution is 14.0. The van der Waals surface area contributed by atoms with Crippen LogP contribution in [0.25, 0.3) is 0 Å². The van der Waals surface area contributed by atoms with Gasteiger partial charge in [-0.25, -0.2) is 0 Å². The summed E-state index contributed by atoms with van der Waals surface area (Å²) in [5.41, 5.74) is 8.85. The molecule has 3 nitrogen and oxygen atoms in total. The molecule has 0 saturated carbocycles. The van der Waals surface area contributed by atoms with Crippen LogP contribution in [0.2, 0.25) is 0 Å². The van der Waals surface area contributed by atoms with Gasteiger partial charge in [-0.3, -0.25) is 4.99 Å². The lowest BCUT2D eigenvalue weighted by Crippen LogP contribution is -2.33. The Morgan fingerprint density at radius 1 is 1.40 bits per heavy atom. The van der Waals surface area contributed by atoms with E-state index in [2.05, 4.69) is 41.5 Å². The SMILES string of the molecule is CCCCNC(N)=NCC1CCCc2ccccc21.I. The maximum absolute atomic E-state index is 5.89. The number of aryl methyl sites for hydroxylation is 1. The number of nitrogens with one attached hydrogen (secondary N) is 1. The minimum absolute atomic E-state index is 0. The molecule has 0 aliphatic heterocycles. The molecule has 0 heterocycles. The quantitative estimate of drug-likeness (QED) is 0.352. The molecule has 0 bridgehead atoms. The van der Waals surface area contributed by atoms with Gasteiger partial charge >= 0.3 is 0 Å². The first-order valence-corrected chi connectivity index (χ1v) is 7.43. The third-order valence-electron chi connectivity index (χ3n) is 3.81. The fourth-order valence-electron chi connectivity index (χ4n) is 2.70. The van der Waals surface area contributed by atoms with E-state index in [4.69, 9.17) is 5.73 Å². The predicted octanol–water partition coefficient (Wildman–Crippen LogP) is 3.43. The van der Waals surface area contributed by atoms with Gasteiger partial charge in [0.05, 0.1) is 0 Å². The number of benzene rings is 1. The molecule has 0 aromatic heterocycles. The van der Waals surface area contributed by atoms with Gasteiger partial charge in [-0.05, 0) is 36.8 Å². The van der Waals surface area contributed by atoms with Gasteiger partial charge in [-0.1, -0.05) is 37.6 Å². The lowest BCUT2D eigenvalue weighted by molar-refractivity contribution is 0.560. The Labute approximate surface area is 139 Å². The average molecular weight is 387 g/mol. The van der Waals surface area contributed by atoms with Crippen molar-refractivity contribution in [3.63, 3.8) is 0 Å². The average Bonchev–Trinajstić information content (AvgIpc) is 2.45. The molecule has 1 aromatic carbocycles. The summed E-state index contributed by atoms with van der Waals surface area (Å²) in [5.74, 6) is 1.13. The third-order valence-corrected chi connectivity index (χ3v) is 3.81. The fourth-order valence-corrected chi connectivity index (χ4v) is 2.70. The van der Waals surface area contributed by atoms with Crippen LogP contribution < -0.4 is 11.1 Å². The molecule has 0 saturated heterocycles. The van der Waals surface area contributed by atoms with E-state index in [0.717, 1.165) is 19.5 Å². The highest BCUT2D eigenvalue weighted by Gasteiger charge is 2.19. The van der Waals surface area contributed by atoms with Gasteiger partial charge in [0, 0.05) is 19.0 Å². The number of aliphatic imine (C=N–C) groups is 1. The summed E-state index contributed by atoms with van der Waals surface area (Å²) in [6.07, 6.45) is 6.02. The summed E-state index contributed by atoms with van der Waals surface area (Å²) in [6.45, 7) is 3.91. The number of fused-ring (bicyclic) bond motifs is 1. The van der Waals surface area contributed by atoms with Gasteiger partial charge in [0.25, 0.3) is 0 Å². The Bertz CT molecular complexity index is 431. The summed E-state index contributed by atoms with van der Waals surface area (Å²) >= 11 is 0. The van der Waals surface area contributed by atoms with Crippen LogP contribution in [0.15, 0.2) is 29.3 Å². The molecule has 4 heteroatoms. The van der Waals surface area contributed by atoms with Gasteiger partial charge < -0.3 is 11.1 Å². The van der Waals surface area contributed by atoms with Crippen LogP contribution in [-0.2, 0) is 6.42 Å². The second kappa shape index (κ2) is 9.21. The number of halogens is 1. The van der Waals surface area contributed by atoms with Crippen LogP contribution in [-0.4, -0.2) is 19.0 Å². The van der Waals surface area contributed by atoms with E-state index in [1.165, 1.54) is 36.8 Å². The number of unbranched alkanes of at least 4 members (excludes halogenated alkanes) is 1. The zero-order valence-electron chi connectivity index (χ0n) is 12.3. The first kappa shape index (κ1) is 17.3. The van der Waals surface area contributed by atoms with Crippen molar-refractivity contribution in [1.82, 2.24) is 5.32 Å². The van der Waals surface area contributed by atoms with E-state index in [-0.39, 0.29) is 24.0 Å². The minimum atomic E-state index is 0. The van der Waals surface area contributed by atoms with E-state index < -0.39 is 0 Å². The van der Waals surface area contributed by atoms with Gasteiger partial charge in [-0.2, -0.15) is 0 Å². The van der Waals surface area contributed by atoms with Gasteiger partial charge in [-0.15, -0.1) is 24.0 Å². The standard InChI is InChI=1S/C16H25N3.HI/c1-2-3-11-18-16(17)19-12-14-9-6-8-13-7-4-5-10-15(13)14;/h4-5,7,10,14H,2-3,6,8-9,11-12H2,1H3,(H3,17,18,19);1H. The predicted molar refractivity (Wildman–Crippen MR) is 96.9 cm³/mol. The molecule has 1 aliphatic rings. The molecule has 0 amide bonds. The fraction of sp³-hybridized carbons (Fsp3) is 0.562. The summed E-state index contributed by atoms with van der Waals surface area (Å²) in [4.78, 5) is 4.50. The molecule has 1 aromatic rings. The normalized spacial score (nSPS) is 18.1. The highest BCUT2D eigenvalue weighted by Crippen LogP contribution is 2.31. The Kier molecular flexibility index (Phi) is 7.95. The van der Waals surface area contributed by atoms with E-state index >= 15 is 0 Å². The molecule has 0 spiro atoms. The maximum atomic E-state index is 5.89. The zero-order chi connectivity index (χ0) is 13.5. The van der Waals surface area contributed by atoms with Crippen molar-refractivity contribution < 1.29 is 0 Å². The molecule has 1 atom stereocenters. The molecule has 2 rings (SSSR count). The Morgan fingerprint density at radius 3 is 3.00 bits per heavy atom. The van der Waals surface area contributed by atoms with Gasteiger partial charge in [0.2, 0.25) is 0 Å². The maximum Gasteiger partial charge on any atom is 0.188 e. The first-order valence-electron chi connectivity index (χ1n) is 7.43. The van der Waals surface area contributed by atoms with Gasteiger partial charge in [0.15, 0.2) is 5.96 Å². The highest BCUT2D eigenvalue weighted by atomic mass is 127.